The minimum Gasteiger partial charge on any atom is -0.393 e. The molecule has 1 N–H and O–H groups in total. The van der Waals surface area contributed by atoms with E-state index in [1.165, 1.54) is 12.8 Å². The summed E-state index contributed by atoms with van der Waals surface area (Å²) in [6.45, 7) is 1.88. The van der Waals surface area contributed by atoms with Crippen molar-refractivity contribution in [3.05, 3.63) is 0 Å². The van der Waals surface area contributed by atoms with Crippen LogP contribution in [-0.4, -0.2) is 24.4 Å². The van der Waals surface area contributed by atoms with Crippen molar-refractivity contribution >= 4 is 0 Å². The van der Waals surface area contributed by atoms with E-state index >= 15 is 0 Å². The van der Waals surface area contributed by atoms with Crippen LogP contribution in [0.2, 0.25) is 0 Å². The molecule has 0 aromatic heterocycles. The van der Waals surface area contributed by atoms with E-state index in [0.29, 0.717) is 12.0 Å². The smallest absolute Gasteiger partial charge is 0.0575 e. The van der Waals surface area contributed by atoms with Crippen LogP contribution in [0.15, 0.2) is 0 Å². The van der Waals surface area contributed by atoms with Gasteiger partial charge in [-0.2, -0.15) is 0 Å². The molecule has 1 fully saturated rings. The zero-order valence-corrected chi connectivity index (χ0v) is 7.42. The van der Waals surface area contributed by atoms with Crippen molar-refractivity contribution in [2.45, 2.75) is 44.8 Å². The predicted octanol–water partition coefficient (Wildman–Crippen LogP) is 1.57. The Morgan fingerprint density at radius 3 is 2.73 bits per heavy atom. The highest BCUT2D eigenvalue weighted by Crippen LogP contribution is 2.28. The van der Waals surface area contributed by atoms with Crippen LogP contribution in [0.25, 0.3) is 0 Å². The van der Waals surface area contributed by atoms with Crippen molar-refractivity contribution in [2.24, 2.45) is 5.92 Å². The number of hydrogen-bond acceptors (Lipinski definition) is 2. The van der Waals surface area contributed by atoms with E-state index < -0.39 is 0 Å². The van der Waals surface area contributed by atoms with Crippen LogP contribution in [0.3, 0.4) is 0 Å². The van der Waals surface area contributed by atoms with Gasteiger partial charge in [0.25, 0.3) is 0 Å². The summed E-state index contributed by atoms with van der Waals surface area (Å²) in [5.74, 6) is 0.466. The minimum atomic E-state index is -0.159. The van der Waals surface area contributed by atoms with Crippen molar-refractivity contribution < 1.29 is 9.84 Å². The molecular weight excluding hydrogens is 140 g/mol. The van der Waals surface area contributed by atoms with E-state index in [-0.39, 0.29) is 6.10 Å². The van der Waals surface area contributed by atoms with Crippen LogP contribution < -0.4 is 0 Å². The van der Waals surface area contributed by atoms with Gasteiger partial charge >= 0.3 is 0 Å². The van der Waals surface area contributed by atoms with Crippen molar-refractivity contribution in [3.63, 3.8) is 0 Å². The third kappa shape index (κ3) is 2.46. The van der Waals surface area contributed by atoms with E-state index in [2.05, 4.69) is 0 Å². The first-order valence-corrected chi connectivity index (χ1v) is 4.45. The van der Waals surface area contributed by atoms with Gasteiger partial charge in [0.15, 0.2) is 0 Å². The lowest BCUT2D eigenvalue weighted by molar-refractivity contribution is 0.0126. The summed E-state index contributed by atoms with van der Waals surface area (Å²) in [7, 11) is 1.76. The molecule has 0 aromatic rings. The molecule has 11 heavy (non-hydrogen) atoms. The van der Waals surface area contributed by atoms with Crippen LogP contribution in [0.5, 0.6) is 0 Å². The molecule has 3 unspecified atom stereocenters. The average molecular weight is 158 g/mol. The second-order valence-corrected chi connectivity index (χ2v) is 3.52. The van der Waals surface area contributed by atoms with Gasteiger partial charge in [-0.3, -0.25) is 0 Å². The van der Waals surface area contributed by atoms with Gasteiger partial charge in [-0.05, 0) is 32.1 Å². The number of methoxy groups -OCH3 is 1. The Morgan fingerprint density at radius 2 is 2.18 bits per heavy atom. The van der Waals surface area contributed by atoms with E-state index in [1.54, 1.807) is 7.11 Å². The van der Waals surface area contributed by atoms with Gasteiger partial charge in [0.05, 0.1) is 12.2 Å². The van der Waals surface area contributed by atoms with E-state index in [9.17, 15) is 5.11 Å². The first-order chi connectivity index (χ1) is 5.24. The molecule has 2 heteroatoms. The molecular formula is C9H18O2. The fraction of sp³-hybridized carbons (Fsp3) is 1.00. The molecule has 3 atom stereocenters. The summed E-state index contributed by atoms with van der Waals surface area (Å²) in [5.41, 5.74) is 0. The first-order valence-electron chi connectivity index (χ1n) is 4.45. The maximum Gasteiger partial charge on any atom is 0.0575 e. The monoisotopic (exact) mass is 158 g/mol. The van der Waals surface area contributed by atoms with Gasteiger partial charge in [0, 0.05) is 7.11 Å². The van der Waals surface area contributed by atoms with Gasteiger partial charge < -0.3 is 9.84 Å². The fourth-order valence-electron chi connectivity index (χ4n) is 1.83. The summed E-state index contributed by atoms with van der Waals surface area (Å²) in [5, 5.41) is 9.33. The molecule has 0 radical (unpaired) electrons. The molecule has 66 valence electrons. The second-order valence-electron chi connectivity index (χ2n) is 3.52. The molecule has 0 spiro atoms. The Bertz CT molecular complexity index is 112. The standard InChI is InChI=1S/C9H18O2/c1-7(10)8-4-3-5-9(6-8)11-2/h7-10H,3-6H2,1-2H3. The summed E-state index contributed by atoms with van der Waals surface area (Å²) >= 11 is 0. The van der Waals surface area contributed by atoms with Crippen molar-refractivity contribution in [2.75, 3.05) is 7.11 Å². The Kier molecular flexibility index (Phi) is 3.34. The van der Waals surface area contributed by atoms with Crippen LogP contribution in [0.4, 0.5) is 0 Å². The summed E-state index contributed by atoms with van der Waals surface area (Å²) in [4.78, 5) is 0. The first kappa shape index (κ1) is 9.01. The Labute approximate surface area is 68.6 Å². The number of aliphatic hydroxyl groups is 1. The van der Waals surface area contributed by atoms with Crippen LogP contribution in [0.1, 0.15) is 32.6 Å². The maximum atomic E-state index is 9.33. The van der Waals surface area contributed by atoms with Gasteiger partial charge in [-0.15, -0.1) is 0 Å². The molecule has 1 aliphatic rings. The largest absolute Gasteiger partial charge is 0.393 e. The van der Waals surface area contributed by atoms with Gasteiger partial charge in [-0.1, -0.05) is 6.42 Å². The fourth-order valence-corrected chi connectivity index (χ4v) is 1.83. The van der Waals surface area contributed by atoms with E-state index in [0.717, 1.165) is 12.8 Å². The molecule has 2 nitrogen and oxygen atoms in total. The van der Waals surface area contributed by atoms with Gasteiger partial charge in [-0.25, -0.2) is 0 Å². The summed E-state index contributed by atoms with van der Waals surface area (Å²) < 4.78 is 5.26. The van der Waals surface area contributed by atoms with Crippen molar-refractivity contribution in [1.82, 2.24) is 0 Å². The lowest BCUT2D eigenvalue weighted by atomic mass is 9.84. The van der Waals surface area contributed by atoms with Crippen LogP contribution in [-0.2, 0) is 4.74 Å². The van der Waals surface area contributed by atoms with Gasteiger partial charge in [0.1, 0.15) is 0 Å². The third-order valence-corrected chi connectivity index (χ3v) is 2.68. The highest BCUT2D eigenvalue weighted by Gasteiger charge is 2.24. The summed E-state index contributed by atoms with van der Waals surface area (Å²) in [6.07, 6.45) is 4.80. The third-order valence-electron chi connectivity index (χ3n) is 2.68. The van der Waals surface area contributed by atoms with Crippen molar-refractivity contribution in [1.29, 1.82) is 0 Å². The quantitative estimate of drug-likeness (QED) is 0.661. The normalized spacial score (nSPS) is 35.2. The Balaban J connectivity index is 2.33. The number of ether oxygens (including phenoxy) is 1. The molecule has 1 aliphatic carbocycles. The highest BCUT2D eigenvalue weighted by molar-refractivity contribution is 4.76. The molecule has 0 amide bonds. The highest BCUT2D eigenvalue weighted by atomic mass is 16.5. The zero-order chi connectivity index (χ0) is 8.27. The average Bonchev–Trinajstić information content (AvgIpc) is 2.05. The SMILES string of the molecule is COC1CCCC(C(C)O)C1. The predicted molar refractivity (Wildman–Crippen MR) is 44.4 cm³/mol. The molecule has 0 aliphatic heterocycles. The maximum absolute atomic E-state index is 9.33. The van der Waals surface area contributed by atoms with E-state index in [1.807, 2.05) is 6.92 Å². The molecule has 0 heterocycles. The second kappa shape index (κ2) is 4.07. The van der Waals surface area contributed by atoms with Crippen LogP contribution >= 0.6 is 0 Å². The van der Waals surface area contributed by atoms with Gasteiger partial charge in [0.2, 0.25) is 0 Å². The lowest BCUT2D eigenvalue weighted by Crippen LogP contribution is -2.28. The molecule has 0 saturated heterocycles. The molecule has 1 saturated carbocycles. The number of rotatable bonds is 2. The molecule has 0 aromatic carbocycles. The zero-order valence-electron chi connectivity index (χ0n) is 7.42. The summed E-state index contributed by atoms with van der Waals surface area (Å²) in [6, 6.07) is 0. The topological polar surface area (TPSA) is 29.5 Å². The van der Waals surface area contributed by atoms with Crippen molar-refractivity contribution in [3.8, 4) is 0 Å². The minimum absolute atomic E-state index is 0.159. The van der Waals surface area contributed by atoms with Crippen LogP contribution in [0, 0.1) is 5.92 Å². The number of aliphatic hydroxyl groups excluding tert-OH is 1. The molecule has 0 bridgehead atoms. The number of hydrogen-bond donors (Lipinski definition) is 1. The Morgan fingerprint density at radius 1 is 1.45 bits per heavy atom. The Hall–Kier alpha value is -0.0800. The lowest BCUT2D eigenvalue weighted by Gasteiger charge is -2.29. The van der Waals surface area contributed by atoms with E-state index in [4.69, 9.17) is 4.74 Å². The molecule has 1 rings (SSSR count).